The van der Waals surface area contributed by atoms with Gasteiger partial charge in [-0.3, -0.25) is 9.59 Å². The summed E-state index contributed by atoms with van der Waals surface area (Å²) in [5, 5.41) is 9.03. The van der Waals surface area contributed by atoms with Gasteiger partial charge in [0, 0.05) is 55.2 Å². The number of rotatable bonds is 2. The first-order chi connectivity index (χ1) is 12.4. The lowest BCUT2D eigenvalue weighted by molar-refractivity contribution is -0.119. The Morgan fingerprint density at radius 3 is 2.69 bits per heavy atom. The van der Waals surface area contributed by atoms with Crippen molar-refractivity contribution in [2.45, 2.75) is 32.9 Å². The van der Waals surface area contributed by atoms with Crippen LogP contribution in [0.15, 0.2) is 24.5 Å². The Bertz CT molecular complexity index is 1070. The lowest BCUT2D eigenvalue weighted by Crippen LogP contribution is -2.34. The molecule has 4 rings (SSSR count). The first kappa shape index (κ1) is 17.1. The summed E-state index contributed by atoms with van der Waals surface area (Å²) >= 11 is 12.7. The molecule has 1 aromatic carbocycles. The standard InChI is InChI=1S/C18H16Cl2N4O2/c1-9(25)22-12-5-15-16(11-6-21-24(7-11)10(2)26)13-3-4-14(19)17(20)18(13)23(15)8-12/h3-4,6-7,12H,5,8H2,1-2H3,(H,22,25). The van der Waals surface area contributed by atoms with Crippen LogP contribution >= 0.6 is 23.2 Å². The molecule has 1 atom stereocenters. The van der Waals surface area contributed by atoms with Crippen LogP contribution in [-0.4, -0.2) is 32.2 Å². The van der Waals surface area contributed by atoms with Gasteiger partial charge >= 0.3 is 0 Å². The number of hydrogen-bond acceptors (Lipinski definition) is 3. The Morgan fingerprint density at radius 1 is 1.27 bits per heavy atom. The van der Waals surface area contributed by atoms with Gasteiger partial charge in [0.25, 0.3) is 0 Å². The molecule has 6 nitrogen and oxygen atoms in total. The number of carbonyl (C=O) groups excluding carboxylic acids is 2. The maximum absolute atomic E-state index is 11.6. The largest absolute Gasteiger partial charge is 0.351 e. The molecule has 1 N–H and O–H groups in total. The average molecular weight is 391 g/mol. The van der Waals surface area contributed by atoms with Crippen LogP contribution in [0.25, 0.3) is 22.0 Å². The fraction of sp³-hybridized carbons (Fsp3) is 0.278. The minimum atomic E-state index is -0.159. The number of fused-ring (bicyclic) bond motifs is 3. The summed E-state index contributed by atoms with van der Waals surface area (Å²) in [6.45, 7) is 3.59. The molecule has 0 bridgehead atoms. The van der Waals surface area contributed by atoms with Crippen LogP contribution < -0.4 is 5.32 Å². The maximum atomic E-state index is 11.6. The van der Waals surface area contributed by atoms with E-state index in [0.717, 1.165) is 27.7 Å². The summed E-state index contributed by atoms with van der Waals surface area (Å²) in [5.41, 5.74) is 3.69. The first-order valence-corrected chi connectivity index (χ1v) is 8.94. The Labute approximate surface area is 159 Å². The molecule has 2 aromatic heterocycles. The lowest BCUT2D eigenvalue weighted by Gasteiger charge is -2.11. The van der Waals surface area contributed by atoms with Gasteiger partial charge in [0.15, 0.2) is 0 Å². The van der Waals surface area contributed by atoms with E-state index in [1.54, 1.807) is 18.5 Å². The van der Waals surface area contributed by atoms with Crippen LogP contribution in [0.2, 0.25) is 10.0 Å². The molecule has 134 valence electrons. The zero-order valence-electron chi connectivity index (χ0n) is 14.2. The number of carbonyl (C=O) groups is 2. The molecule has 3 heterocycles. The van der Waals surface area contributed by atoms with Gasteiger partial charge in [-0.15, -0.1) is 0 Å². The van der Waals surface area contributed by atoms with Crippen LogP contribution in [0, 0.1) is 0 Å². The SMILES string of the molecule is CC(=O)NC1Cc2c(-c3cnn(C(C)=O)c3)c3ccc(Cl)c(Cl)c3n2C1. The monoisotopic (exact) mass is 390 g/mol. The van der Waals surface area contributed by atoms with Gasteiger partial charge in [-0.25, -0.2) is 4.68 Å². The topological polar surface area (TPSA) is 68.9 Å². The van der Waals surface area contributed by atoms with Gasteiger partial charge in [0.2, 0.25) is 11.8 Å². The summed E-state index contributed by atoms with van der Waals surface area (Å²) in [7, 11) is 0. The highest BCUT2D eigenvalue weighted by molar-refractivity contribution is 6.45. The van der Waals surface area contributed by atoms with Crippen molar-refractivity contribution in [2.24, 2.45) is 0 Å². The number of benzene rings is 1. The molecule has 1 aliphatic rings. The van der Waals surface area contributed by atoms with Crippen molar-refractivity contribution in [3.8, 4) is 11.1 Å². The van der Waals surface area contributed by atoms with Crippen LogP contribution in [0.3, 0.4) is 0 Å². The van der Waals surface area contributed by atoms with Crippen molar-refractivity contribution in [1.82, 2.24) is 19.7 Å². The summed E-state index contributed by atoms with van der Waals surface area (Å²) in [6, 6.07) is 3.69. The second-order valence-corrected chi connectivity index (χ2v) is 7.27. The van der Waals surface area contributed by atoms with E-state index in [1.165, 1.54) is 18.5 Å². The van der Waals surface area contributed by atoms with Gasteiger partial charge in [-0.05, 0) is 6.07 Å². The van der Waals surface area contributed by atoms with E-state index in [0.29, 0.717) is 23.0 Å². The van der Waals surface area contributed by atoms with E-state index in [4.69, 9.17) is 23.2 Å². The zero-order valence-corrected chi connectivity index (χ0v) is 15.7. The van der Waals surface area contributed by atoms with Crippen LogP contribution in [0.4, 0.5) is 0 Å². The zero-order chi connectivity index (χ0) is 18.6. The van der Waals surface area contributed by atoms with Crippen molar-refractivity contribution in [3.05, 3.63) is 40.3 Å². The maximum Gasteiger partial charge on any atom is 0.243 e. The van der Waals surface area contributed by atoms with E-state index < -0.39 is 0 Å². The molecule has 1 unspecified atom stereocenters. The third-order valence-electron chi connectivity index (χ3n) is 4.67. The van der Waals surface area contributed by atoms with E-state index in [9.17, 15) is 9.59 Å². The van der Waals surface area contributed by atoms with Gasteiger partial charge < -0.3 is 9.88 Å². The highest BCUT2D eigenvalue weighted by atomic mass is 35.5. The van der Waals surface area contributed by atoms with Gasteiger partial charge in [0.05, 0.1) is 27.8 Å². The predicted octanol–water partition coefficient (Wildman–Crippen LogP) is 3.53. The second kappa shape index (κ2) is 6.14. The fourth-order valence-corrected chi connectivity index (χ4v) is 4.11. The number of aromatic nitrogens is 3. The van der Waals surface area contributed by atoms with Crippen molar-refractivity contribution < 1.29 is 9.59 Å². The minimum Gasteiger partial charge on any atom is -0.351 e. The normalized spacial score (nSPS) is 16.1. The van der Waals surface area contributed by atoms with E-state index in [-0.39, 0.29) is 17.9 Å². The highest BCUT2D eigenvalue weighted by Gasteiger charge is 2.30. The Kier molecular flexibility index (Phi) is 4.04. The molecule has 0 saturated carbocycles. The van der Waals surface area contributed by atoms with Crippen molar-refractivity contribution >= 4 is 45.9 Å². The minimum absolute atomic E-state index is 0.0106. The number of halogens is 2. The van der Waals surface area contributed by atoms with Crippen LogP contribution in [0.1, 0.15) is 24.3 Å². The van der Waals surface area contributed by atoms with E-state index >= 15 is 0 Å². The molecule has 1 amide bonds. The molecule has 1 aliphatic heterocycles. The summed E-state index contributed by atoms with van der Waals surface area (Å²) < 4.78 is 3.41. The summed E-state index contributed by atoms with van der Waals surface area (Å²) in [4.78, 5) is 23.1. The van der Waals surface area contributed by atoms with Crippen molar-refractivity contribution in [1.29, 1.82) is 0 Å². The van der Waals surface area contributed by atoms with Gasteiger partial charge in [-0.1, -0.05) is 29.3 Å². The number of nitrogens with zero attached hydrogens (tertiary/aromatic N) is 3. The van der Waals surface area contributed by atoms with Crippen molar-refractivity contribution in [2.75, 3.05) is 0 Å². The summed E-state index contributed by atoms with van der Waals surface area (Å²) in [5.74, 6) is -0.228. The molecule has 0 aliphatic carbocycles. The fourth-order valence-electron chi connectivity index (χ4n) is 3.69. The van der Waals surface area contributed by atoms with E-state index in [2.05, 4.69) is 15.0 Å². The second-order valence-electron chi connectivity index (χ2n) is 6.48. The molecule has 0 saturated heterocycles. The number of nitrogens with one attached hydrogen (secondary N) is 1. The Morgan fingerprint density at radius 2 is 2.04 bits per heavy atom. The number of amides is 1. The molecule has 0 fully saturated rings. The Balaban J connectivity index is 1.94. The van der Waals surface area contributed by atoms with Gasteiger partial charge in [0.1, 0.15) is 0 Å². The summed E-state index contributed by atoms with van der Waals surface area (Å²) in [6.07, 6.45) is 4.06. The van der Waals surface area contributed by atoms with Crippen LogP contribution in [0.5, 0.6) is 0 Å². The molecule has 0 radical (unpaired) electrons. The average Bonchev–Trinajstić information content (AvgIpc) is 3.23. The molecule has 0 spiro atoms. The lowest BCUT2D eigenvalue weighted by atomic mass is 10.0. The quantitative estimate of drug-likeness (QED) is 0.727. The smallest absolute Gasteiger partial charge is 0.243 e. The number of hydrogen-bond donors (Lipinski definition) is 1. The highest BCUT2D eigenvalue weighted by Crippen LogP contribution is 2.43. The molecule has 8 heteroatoms. The molecule has 26 heavy (non-hydrogen) atoms. The van der Waals surface area contributed by atoms with Crippen molar-refractivity contribution in [3.63, 3.8) is 0 Å². The third kappa shape index (κ3) is 2.61. The van der Waals surface area contributed by atoms with Crippen LogP contribution in [-0.2, 0) is 17.8 Å². The molecule has 3 aromatic rings. The molecular weight excluding hydrogens is 375 g/mol. The third-order valence-corrected chi connectivity index (χ3v) is 5.46. The Hall–Kier alpha value is -2.31. The predicted molar refractivity (Wildman–Crippen MR) is 101 cm³/mol. The first-order valence-electron chi connectivity index (χ1n) is 8.19. The molecular formula is C18H16Cl2N4O2. The van der Waals surface area contributed by atoms with Gasteiger partial charge in [-0.2, -0.15) is 5.10 Å². The van der Waals surface area contributed by atoms with E-state index in [1.807, 2.05) is 6.07 Å².